The van der Waals surface area contributed by atoms with Gasteiger partial charge in [-0.15, -0.1) is 0 Å². The molecule has 0 aromatic carbocycles. The first-order chi connectivity index (χ1) is 18.9. The molecule has 2 rings (SSSR count). The number of aromatic amines is 1. The Hall–Kier alpha value is -1.75. The number of alkyl carbamates (subject to hydrolysis) is 1. The van der Waals surface area contributed by atoms with Crippen LogP contribution in [-0.2, 0) is 31.5 Å². The summed E-state index contributed by atoms with van der Waals surface area (Å²) in [5.74, 6) is 2.25. The normalized spacial score (nSPS) is 24.4. The Labute approximate surface area is 248 Å². The van der Waals surface area contributed by atoms with E-state index in [1.54, 1.807) is 6.92 Å². The Bertz CT molecular complexity index is 1060. The maximum absolute atomic E-state index is 13.2. The van der Waals surface area contributed by atoms with Gasteiger partial charge in [-0.3, -0.25) is 0 Å². The van der Waals surface area contributed by atoms with Crippen LogP contribution in [0.2, 0.25) is 0 Å². The van der Waals surface area contributed by atoms with Gasteiger partial charge in [0.2, 0.25) is 0 Å². The molecule has 0 spiro atoms. The van der Waals surface area contributed by atoms with E-state index in [0.29, 0.717) is 35.7 Å². The summed E-state index contributed by atoms with van der Waals surface area (Å²) < 4.78 is 16.9. The zero-order chi connectivity index (χ0) is 30.1. The van der Waals surface area contributed by atoms with Gasteiger partial charge in [0.1, 0.15) is 0 Å². The van der Waals surface area contributed by atoms with E-state index < -0.39 is 29.7 Å². The van der Waals surface area contributed by atoms with Crippen molar-refractivity contribution in [1.29, 1.82) is 0 Å². The Balaban J connectivity index is 2.17. The summed E-state index contributed by atoms with van der Waals surface area (Å²) >= 11 is 1.99. The molecule has 1 aromatic heterocycles. The van der Waals surface area contributed by atoms with Crippen LogP contribution in [0.25, 0.3) is 0 Å². The summed E-state index contributed by atoms with van der Waals surface area (Å²) in [6.45, 7) is 19.9. The third kappa shape index (κ3) is 8.87. The van der Waals surface area contributed by atoms with Gasteiger partial charge in [-0.05, 0) is 11.8 Å². The SMILES string of the molecule is CCC(C)C(C)C(C)C(NC(=O)OCC1C[C@H](n2cc(C)c(=O)[nH]c2=O)O[C@@H]1CO[N]=[V])C(C)C(C)C(C)CC. The Morgan fingerprint density at radius 1 is 1.07 bits per heavy atom. The number of carbonyl (C=O) groups is 1. The Morgan fingerprint density at radius 2 is 1.65 bits per heavy atom. The molecule has 0 radical (unpaired) electrons. The van der Waals surface area contributed by atoms with Crippen molar-refractivity contribution in [2.75, 3.05) is 13.2 Å². The maximum atomic E-state index is 13.2. The van der Waals surface area contributed by atoms with E-state index in [9.17, 15) is 14.4 Å². The summed E-state index contributed by atoms with van der Waals surface area (Å²) in [4.78, 5) is 45.0. The molecule has 1 amide bonds. The molecule has 0 aliphatic carbocycles. The molecule has 10 nitrogen and oxygen atoms in total. The zero-order valence-corrected chi connectivity index (χ0v) is 27.1. The first-order valence-electron chi connectivity index (χ1n) is 14.7. The number of nitrogens with one attached hydrogen (secondary N) is 2. The summed E-state index contributed by atoms with van der Waals surface area (Å²) in [5, 5.41) is 3.23. The van der Waals surface area contributed by atoms with E-state index in [0.717, 1.165) is 12.8 Å². The molecular weight excluding hydrogens is 551 g/mol. The topological polar surface area (TPSA) is 124 Å². The summed E-state index contributed by atoms with van der Waals surface area (Å²) in [6.07, 6.45) is 2.56. The molecule has 1 aliphatic rings. The standard InChI is InChI=1S/C29H50N4O6.V/c1-10-16(3)19(6)21(8)26(22(9)20(7)17(4)11-2)31-29(36)37-14-23-12-25(39-24(23)15-38-30)33-13-18(5)27(34)32-28(33)35;/h13,16-17,19-26H,10-12,14-15H2,1-9H3,(H,31,36)(H,32,34,35);/t16?,17?,19?,20?,21?,22?,23?,24-,25-,26?;/m1./s1. The van der Waals surface area contributed by atoms with Gasteiger partial charge in [-0.25, -0.2) is 0 Å². The number of aromatic nitrogens is 2. The summed E-state index contributed by atoms with van der Waals surface area (Å²) in [6, 6.07) is -0.0356. The van der Waals surface area contributed by atoms with Crippen LogP contribution in [0.1, 0.15) is 86.4 Å². The number of nitrogens with zero attached hydrogens (tertiary/aromatic N) is 2. The number of rotatable bonds is 15. The molecule has 2 heterocycles. The van der Waals surface area contributed by atoms with Gasteiger partial charge in [0.25, 0.3) is 0 Å². The molecule has 9 atom stereocenters. The fourth-order valence-corrected chi connectivity index (χ4v) is 5.86. The van der Waals surface area contributed by atoms with Crippen molar-refractivity contribution in [2.45, 2.75) is 99.9 Å². The minimum Gasteiger partial charge on any atom is -0.0651 e. The van der Waals surface area contributed by atoms with Crippen LogP contribution in [0.4, 0.5) is 4.79 Å². The van der Waals surface area contributed by atoms with Crippen LogP contribution in [0.5, 0.6) is 0 Å². The third-order valence-electron chi connectivity index (χ3n) is 9.70. The van der Waals surface area contributed by atoms with Gasteiger partial charge in [0, 0.05) is 0 Å². The van der Waals surface area contributed by atoms with Gasteiger partial charge >= 0.3 is 182 Å². The van der Waals surface area contributed by atoms with Crippen molar-refractivity contribution in [3.8, 4) is 0 Å². The average molecular weight is 602 g/mol. The number of ether oxygens (including phenoxy) is 2. The second kappa shape index (κ2) is 16.0. The van der Waals surface area contributed by atoms with E-state index in [2.05, 4.69) is 69.6 Å². The number of amides is 1. The molecule has 1 saturated heterocycles. The molecule has 1 fully saturated rings. The minimum atomic E-state index is -0.625. The predicted octanol–water partition coefficient (Wildman–Crippen LogP) is 5.14. The summed E-state index contributed by atoms with van der Waals surface area (Å²) in [7, 11) is 0. The van der Waals surface area contributed by atoms with Crippen molar-refractivity contribution in [1.82, 2.24) is 14.9 Å². The molecule has 1 aliphatic heterocycles. The molecule has 11 heteroatoms. The molecule has 1 aromatic rings. The van der Waals surface area contributed by atoms with E-state index in [1.165, 1.54) is 10.8 Å². The minimum absolute atomic E-state index is 0.0356. The van der Waals surface area contributed by atoms with Crippen molar-refractivity contribution in [3.05, 3.63) is 32.6 Å². The molecule has 2 N–H and O–H groups in total. The van der Waals surface area contributed by atoms with E-state index in [-0.39, 0.29) is 37.0 Å². The van der Waals surface area contributed by atoms with Crippen molar-refractivity contribution in [3.63, 3.8) is 0 Å². The zero-order valence-electron chi connectivity index (χ0n) is 25.7. The van der Waals surface area contributed by atoms with Crippen LogP contribution in [0, 0.1) is 48.3 Å². The van der Waals surface area contributed by atoms with Gasteiger partial charge in [0.05, 0.1) is 0 Å². The fraction of sp³-hybridized carbons (Fsp3) is 0.828. The van der Waals surface area contributed by atoms with Crippen LogP contribution in [-0.4, -0.2) is 41.0 Å². The third-order valence-corrected chi connectivity index (χ3v) is 9.88. The molecule has 0 saturated carbocycles. The second-order valence-corrected chi connectivity index (χ2v) is 12.2. The van der Waals surface area contributed by atoms with E-state index in [1.807, 2.05) is 17.2 Å². The monoisotopic (exact) mass is 601 g/mol. The number of aryl methyl sites for hydroxylation is 1. The number of hydrogen-bond acceptors (Lipinski definition) is 7. The fourth-order valence-electron chi connectivity index (χ4n) is 5.75. The first-order valence-corrected chi connectivity index (χ1v) is 15.4. The van der Waals surface area contributed by atoms with Gasteiger partial charge in [-0.2, -0.15) is 0 Å². The molecule has 227 valence electrons. The molecule has 40 heavy (non-hydrogen) atoms. The number of hydrogen-bond donors (Lipinski definition) is 2. The summed E-state index contributed by atoms with van der Waals surface area (Å²) in [5.41, 5.74) is -0.571. The van der Waals surface area contributed by atoms with Gasteiger partial charge in [0.15, 0.2) is 0 Å². The molecule has 0 bridgehead atoms. The first kappa shape index (κ1) is 34.5. The van der Waals surface area contributed by atoms with Crippen LogP contribution in [0.15, 0.2) is 19.7 Å². The van der Waals surface area contributed by atoms with Crippen molar-refractivity contribution < 1.29 is 36.3 Å². The van der Waals surface area contributed by atoms with E-state index >= 15 is 0 Å². The average Bonchev–Trinajstić information content (AvgIpc) is 3.35. The smallest absolute Gasteiger partial charge is 0.0651 e. The van der Waals surface area contributed by atoms with Crippen molar-refractivity contribution >= 4 is 6.09 Å². The Kier molecular flexibility index (Phi) is 13.8. The van der Waals surface area contributed by atoms with Gasteiger partial charge in [-0.1, -0.05) is 54.4 Å². The number of carbonyl (C=O) groups excluding carboxylic acids is 1. The van der Waals surface area contributed by atoms with Crippen LogP contribution in [0.3, 0.4) is 0 Å². The Morgan fingerprint density at radius 3 is 2.17 bits per heavy atom. The quantitative estimate of drug-likeness (QED) is 0.268. The second-order valence-electron chi connectivity index (χ2n) is 12.0. The molecule has 7 unspecified atom stereocenters. The molecular formula is C29H50N4O6V. The van der Waals surface area contributed by atoms with Crippen LogP contribution < -0.4 is 16.6 Å². The van der Waals surface area contributed by atoms with Crippen molar-refractivity contribution in [2.24, 2.45) is 45.4 Å². The van der Waals surface area contributed by atoms with E-state index in [4.69, 9.17) is 14.3 Å². The predicted molar refractivity (Wildman–Crippen MR) is 150 cm³/mol. The number of H-pyrrole nitrogens is 1. The van der Waals surface area contributed by atoms with Gasteiger partial charge < -0.3 is 0 Å². The van der Waals surface area contributed by atoms with Crippen LogP contribution >= 0.6 is 0 Å².